The second-order valence-corrected chi connectivity index (χ2v) is 6.86. The van der Waals surface area contributed by atoms with Crippen LogP contribution in [0.2, 0.25) is 0 Å². The van der Waals surface area contributed by atoms with Crippen LogP contribution in [0.15, 0.2) is 85.7 Å². The Balaban J connectivity index is 0.000000173. The second kappa shape index (κ2) is 11.3. The van der Waals surface area contributed by atoms with Gasteiger partial charge in [-0.1, -0.05) is 6.07 Å². The van der Waals surface area contributed by atoms with Crippen LogP contribution in [0.5, 0.6) is 0 Å². The van der Waals surface area contributed by atoms with Gasteiger partial charge in [-0.15, -0.1) is 0 Å². The van der Waals surface area contributed by atoms with Crippen molar-refractivity contribution >= 4 is 0 Å². The summed E-state index contributed by atoms with van der Waals surface area (Å²) in [5.74, 6) is 0. The van der Waals surface area contributed by atoms with E-state index in [4.69, 9.17) is 0 Å². The Morgan fingerprint density at radius 3 is 1.67 bits per heavy atom. The van der Waals surface area contributed by atoms with Gasteiger partial charge in [0.05, 0.1) is 5.56 Å². The van der Waals surface area contributed by atoms with Gasteiger partial charge in [0.15, 0.2) is 18.1 Å². The highest BCUT2D eigenvalue weighted by Gasteiger charge is 2.07. The van der Waals surface area contributed by atoms with Crippen LogP contribution in [0.1, 0.15) is 22.4 Å². The van der Waals surface area contributed by atoms with Crippen LogP contribution in [0.25, 0.3) is 11.3 Å². The minimum Gasteiger partial charge on any atom is -0.619 e. The average Bonchev–Trinajstić information content (AvgIpc) is 2.73. The van der Waals surface area contributed by atoms with Crippen LogP contribution >= 0.6 is 0 Å². The maximum atomic E-state index is 11.5. The van der Waals surface area contributed by atoms with Crippen LogP contribution < -0.4 is 9.46 Å². The maximum absolute atomic E-state index is 11.5. The molecular weight excluding hydrogens is 376 g/mol. The fraction of sp³-hybridized carbons (Fsp3) is 0.167. The lowest BCUT2D eigenvalue weighted by Gasteiger charge is -2.03. The van der Waals surface area contributed by atoms with Crippen LogP contribution in [0.4, 0.5) is 0 Å². The van der Waals surface area contributed by atoms with Crippen molar-refractivity contribution in [2.24, 2.45) is 0 Å². The van der Waals surface area contributed by atoms with Gasteiger partial charge in [0, 0.05) is 55.0 Å². The first kappa shape index (κ1) is 22.5. The second-order valence-electron chi connectivity index (χ2n) is 6.86. The molecule has 6 nitrogen and oxygen atoms in total. The fourth-order valence-electron chi connectivity index (χ4n) is 2.42. The van der Waals surface area contributed by atoms with E-state index in [-0.39, 0.29) is 0 Å². The lowest BCUT2D eigenvalue weighted by molar-refractivity contribution is -0.612. The van der Waals surface area contributed by atoms with Gasteiger partial charge in [-0.25, -0.2) is 0 Å². The molecule has 0 atom stereocenters. The van der Waals surface area contributed by atoms with Gasteiger partial charge in [-0.2, -0.15) is 9.46 Å². The van der Waals surface area contributed by atoms with E-state index in [9.17, 15) is 10.4 Å². The van der Waals surface area contributed by atoms with Gasteiger partial charge in [0.2, 0.25) is 5.69 Å². The van der Waals surface area contributed by atoms with E-state index in [0.717, 1.165) is 31.8 Å². The van der Waals surface area contributed by atoms with Gasteiger partial charge in [-0.3, -0.25) is 9.97 Å². The first-order valence-corrected chi connectivity index (χ1v) is 9.50. The molecule has 0 radical (unpaired) electrons. The molecule has 30 heavy (non-hydrogen) atoms. The van der Waals surface area contributed by atoms with Gasteiger partial charge in [-0.05, 0) is 56.7 Å². The molecule has 4 aromatic heterocycles. The molecule has 0 saturated heterocycles. The summed E-state index contributed by atoms with van der Waals surface area (Å²) in [4.78, 5) is 7.86. The molecule has 0 aliphatic rings. The van der Waals surface area contributed by atoms with Crippen LogP contribution in [-0.2, 0) is 0 Å². The Morgan fingerprint density at radius 2 is 1.23 bits per heavy atom. The summed E-state index contributed by atoms with van der Waals surface area (Å²) in [5.41, 5.74) is 5.36. The molecule has 0 bridgehead atoms. The average molecular weight is 402 g/mol. The van der Waals surface area contributed by atoms with Crippen molar-refractivity contribution in [1.29, 1.82) is 0 Å². The summed E-state index contributed by atoms with van der Waals surface area (Å²) in [5, 5.41) is 22.3. The molecule has 0 N–H and O–H groups in total. The van der Waals surface area contributed by atoms with E-state index in [1.165, 1.54) is 5.56 Å². The normalized spacial score (nSPS) is 9.60. The standard InChI is InChI=1S/C11H10N2O.C7H9NO.C6H7N/c1-9-4-5-11(13(14)8-9)10-3-2-6-12-7-10;1-6-3-4-7(2)8(9)5-6;1-6-3-2-4-7-5-6/h2-8H,1H3;3-5H,1-2H3;2-5H,1H3. The van der Waals surface area contributed by atoms with Crippen molar-refractivity contribution in [1.82, 2.24) is 9.97 Å². The minimum atomic E-state index is 0.628. The van der Waals surface area contributed by atoms with Gasteiger partial charge >= 0.3 is 0 Å². The quantitative estimate of drug-likeness (QED) is 0.356. The third-order valence-electron chi connectivity index (χ3n) is 4.09. The third-order valence-corrected chi connectivity index (χ3v) is 4.09. The summed E-state index contributed by atoms with van der Waals surface area (Å²) in [6, 6.07) is 15.1. The van der Waals surface area contributed by atoms with Gasteiger partial charge < -0.3 is 10.4 Å². The number of nitrogens with zero attached hydrogens (tertiary/aromatic N) is 4. The molecule has 0 aliphatic carbocycles. The number of aryl methyl sites for hydroxylation is 4. The monoisotopic (exact) mass is 402 g/mol. The lowest BCUT2D eigenvalue weighted by Crippen LogP contribution is -2.29. The van der Waals surface area contributed by atoms with E-state index in [1.54, 1.807) is 44.0 Å². The SMILES string of the molecule is Cc1ccc(-c2cccnc2)[n+]([O-])c1.Cc1ccc(C)[n+]([O-])c1.Cc1cccnc1. The number of hydrogen-bond acceptors (Lipinski definition) is 4. The molecule has 0 aromatic carbocycles. The fourth-order valence-corrected chi connectivity index (χ4v) is 2.42. The van der Waals surface area contributed by atoms with Crippen molar-refractivity contribution in [3.63, 3.8) is 0 Å². The van der Waals surface area contributed by atoms with Crippen molar-refractivity contribution in [2.75, 3.05) is 0 Å². The van der Waals surface area contributed by atoms with Crippen LogP contribution in [-0.4, -0.2) is 9.97 Å². The molecule has 0 aliphatic heterocycles. The zero-order valence-electron chi connectivity index (χ0n) is 17.7. The molecule has 4 rings (SSSR count). The third kappa shape index (κ3) is 7.31. The van der Waals surface area contributed by atoms with E-state index in [1.807, 2.05) is 69.4 Å². The topological polar surface area (TPSA) is 79.7 Å². The van der Waals surface area contributed by atoms with Gasteiger partial charge in [0.1, 0.15) is 0 Å². The Kier molecular flexibility index (Phi) is 8.44. The van der Waals surface area contributed by atoms with E-state index in [0.29, 0.717) is 5.69 Å². The summed E-state index contributed by atoms with van der Waals surface area (Å²) in [6.07, 6.45) is 10.1. The van der Waals surface area contributed by atoms with Gasteiger partial charge in [0.25, 0.3) is 0 Å². The predicted molar refractivity (Wildman–Crippen MR) is 117 cm³/mol. The Hall–Kier alpha value is -3.80. The molecule has 6 heteroatoms. The molecule has 0 amide bonds. The van der Waals surface area contributed by atoms with Crippen molar-refractivity contribution in [2.45, 2.75) is 27.7 Å². The maximum Gasteiger partial charge on any atom is 0.225 e. The van der Waals surface area contributed by atoms with Crippen LogP contribution in [0, 0.1) is 38.1 Å². The Labute approximate surface area is 177 Å². The smallest absolute Gasteiger partial charge is 0.225 e. The van der Waals surface area contributed by atoms with E-state index >= 15 is 0 Å². The van der Waals surface area contributed by atoms with Crippen molar-refractivity contribution < 1.29 is 9.46 Å². The minimum absolute atomic E-state index is 0.628. The first-order valence-electron chi connectivity index (χ1n) is 9.50. The van der Waals surface area contributed by atoms with Crippen LogP contribution in [0.3, 0.4) is 0 Å². The highest BCUT2D eigenvalue weighted by molar-refractivity contribution is 5.54. The molecule has 154 valence electrons. The molecule has 4 heterocycles. The lowest BCUT2D eigenvalue weighted by atomic mass is 10.2. The zero-order chi connectivity index (χ0) is 21.9. The largest absolute Gasteiger partial charge is 0.619 e. The zero-order valence-corrected chi connectivity index (χ0v) is 17.7. The molecule has 4 aromatic rings. The van der Waals surface area contributed by atoms with E-state index in [2.05, 4.69) is 9.97 Å². The first-order chi connectivity index (χ1) is 14.4. The summed E-state index contributed by atoms with van der Waals surface area (Å²) < 4.78 is 1.74. The van der Waals surface area contributed by atoms with Crippen molar-refractivity contribution in [3.8, 4) is 11.3 Å². The number of hydrogen-bond donors (Lipinski definition) is 0. The summed E-state index contributed by atoms with van der Waals surface area (Å²) in [6.45, 7) is 7.59. The highest BCUT2D eigenvalue weighted by Crippen LogP contribution is 2.13. The highest BCUT2D eigenvalue weighted by atomic mass is 16.5. The summed E-state index contributed by atoms with van der Waals surface area (Å²) >= 11 is 0. The molecule has 0 unspecified atom stereocenters. The number of pyridine rings is 4. The van der Waals surface area contributed by atoms with E-state index < -0.39 is 0 Å². The predicted octanol–water partition coefficient (Wildman–Crippen LogP) is 4.02. The number of aromatic nitrogens is 4. The summed E-state index contributed by atoms with van der Waals surface area (Å²) in [7, 11) is 0. The molecule has 0 saturated carbocycles. The Bertz CT molecular complexity index is 1060. The Morgan fingerprint density at radius 1 is 0.633 bits per heavy atom. The molecular formula is C24H26N4O2. The molecule has 0 spiro atoms. The van der Waals surface area contributed by atoms with Crippen molar-refractivity contribution in [3.05, 3.63) is 119 Å². The molecule has 0 fully saturated rings. The number of rotatable bonds is 1.